The first kappa shape index (κ1) is 18.2. The first-order chi connectivity index (χ1) is 13.2. The summed E-state index contributed by atoms with van der Waals surface area (Å²) in [6, 6.07) is 6.61. The van der Waals surface area contributed by atoms with Gasteiger partial charge in [-0.3, -0.25) is 9.78 Å². The Balaban J connectivity index is 1.32. The second kappa shape index (κ2) is 8.26. The number of anilines is 1. The first-order valence-electron chi connectivity index (χ1n) is 10.3. The van der Waals surface area contributed by atoms with Gasteiger partial charge in [-0.25, -0.2) is 0 Å². The lowest BCUT2D eigenvalue weighted by Gasteiger charge is -2.37. The summed E-state index contributed by atoms with van der Waals surface area (Å²) in [5.41, 5.74) is 2.78. The number of carbonyl (C=O) groups excluding carboxylic acids is 1. The number of carbonyl (C=O) groups is 1. The summed E-state index contributed by atoms with van der Waals surface area (Å²) in [7, 11) is 0. The van der Waals surface area contributed by atoms with Gasteiger partial charge in [0.1, 0.15) is 0 Å². The van der Waals surface area contributed by atoms with Crippen molar-refractivity contribution in [1.29, 1.82) is 0 Å². The Morgan fingerprint density at radius 3 is 2.89 bits per heavy atom. The smallest absolute Gasteiger partial charge is 0.219 e. The van der Waals surface area contributed by atoms with Crippen LogP contribution in [0.2, 0.25) is 0 Å². The summed E-state index contributed by atoms with van der Waals surface area (Å²) >= 11 is 0. The van der Waals surface area contributed by atoms with Crippen LogP contribution in [0.25, 0.3) is 10.8 Å². The SMILES string of the molecule is CCC(=O)NCCN1CCC(CN2CCc3cncc4cccc2c34)CC1. The summed E-state index contributed by atoms with van der Waals surface area (Å²) < 4.78 is 0. The fraction of sp³-hybridized carbons (Fsp3) is 0.545. The van der Waals surface area contributed by atoms with E-state index in [4.69, 9.17) is 0 Å². The van der Waals surface area contributed by atoms with Crippen LogP contribution < -0.4 is 10.2 Å². The maximum Gasteiger partial charge on any atom is 0.219 e. The summed E-state index contributed by atoms with van der Waals surface area (Å²) in [6.45, 7) is 8.19. The van der Waals surface area contributed by atoms with Crippen LogP contribution in [0.5, 0.6) is 0 Å². The highest BCUT2D eigenvalue weighted by atomic mass is 16.1. The van der Waals surface area contributed by atoms with Crippen LogP contribution in [-0.4, -0.2) is 55.1 Å². The van der Waals surface area contributed by atoms with Crippen molar-refractivity contribution in [3.63, 3.8) is 0 Å². The molecule has 0 radical (unpaired) electrons. The van der Waals surface area contributed by atoms with Gasteiger partial charge < -0.3 is 15.1 Å². The molecule has 2 aliphatic rings. The van der Waals surface area contributed by atoms with Crippen molar-refractivity contribution in [3.05, 3.63) is 36.2 Å². The predicted molar refractivity (Wildman–Crippen MR) is 110 cm³/mol. The van der Waals surface area contributed by atoms with E-state index in [9.17, 15) is 4.79 Å². The van der Waals surface area contributed by atoms with Crippen molar-refractivity contribution in [2.24, 2.45) is 5.92 Å². The van der Waals surface area contributed by atoms with Gasteiger partial charge in [0.25, 0.3) is 0 Å². The van der Waals surface area contributed by atoms with Crippen LogP contribution in [0.15, 0.2) is 30.6 Å². The largest absolute Gasteiger partial charge is 0.370 e. The van der Waals surface area contributed by atoms with E-state index in [1.54, 1.807) is 0 Å². The third-order valence-corrected chi connectivity index (χ3v) is 6.09. The quantitative estimate of drug-likeness (QED) is 0.854. The average Bonchev–Trinajstić information content (AvgIpc) is 2.71. The van der Waals surface area contributed by atoms with Crippen molar-refractivity contribution in [2.75, 3.05) is 44.2 Å². The number of piperidine rings is 1. The first-order valence-corrected chi connectivity index (χ1v) is 10.3. The molecule has 0 spiro atoms. The molecule has 1 aromatic carbocycles. The van der Waals surface area contributed by atoms with Gasteiger partial charge in [0, 0.05) is 61.5 Å². The summed E-state index contributed by atoms with van der Waals surface area (Å²) in [5.74, 6) is 0.907. The van der Waals surface area contributed by atoms with Gasteiger partial charge in [-0.1, -0.05) is 19.1 Å². The fourth-order valence-electron chi connectivity index (χ4n) is 4.49. The van der Waals surface area contributed by atoms with E-state index in [0.29, 0.717) is 6.42 Å². The number of hydrogen-bond acceptors (Lipinski definition) is 4. The average molecular weight is 367 g/mol. The zero-order valence-electron chi connectivity index (χ0n) is 16.3. The Kier molecular flexibility index (Phi) is 5.58. The lowest BCUT2D eigenvalue weighted by molar-refractivity contribution is -0.120. The number of likely N-dealkylation sites (tertiary alicyclic amines) is 1. The molecule has 27 heavy (non-hydrogen) atoms. The number of benzene rings is 1. The number of amides is 1. The lowest BCUT2D eigenvalue weighted by atomic mass is 9.93. The van der Waals surface area contributed by atoms with E-state index in [-0.39, 0.29) is 5.91 Å². The molecule has 1 N–H and O–H groups in total. The molecule has 5 heteroatoms. The highest BCUT2D eigenvalue weighted by molar-refractivity contribution is 5.97. The Labute approximate surface area is 161 Å². The molecular weight excluding hydrogens is 336 g/mol. The number of pyridine rings is 1. The highest BCUT2D eigenvalue weighted by Gasteiger charge is 2.24. The van der Waals surface area contributed by atoms with Crippen LogP contribution in [0.3, 0.4) is 0 Å². The molecule has 144 valence electrons. The monoisotopic (exact) mass is 366 g/mol. The standard InChI is InChI=1S/C22H30N4O/c1-2-21(27)24-9-13-25-10-6-17(7-11-25)16-26-12-8-19-15-23-14-18-4-3-5-20(26)22(18)19/h3-5,14-15,17H,2,6-13,16H2,1H3,(H,24,27). The summed E-state index contributed by atoms with van der Waals surface area (Å²) in [4.78, 5) is 20.8. The maximum absolute atomic E-state index is 11.4. The molecule has 4 rings (SSSR count). The van der Waals surface area contributed by atoms with Crippen molar-refractivity contribution in [1.82, 2.24) is 15.2 Å². The Bertz CT molecular complexity index is 793. The third kappa shape index (κ3) is 4.08. The summed E-state index contributed by atoms with van der Waals surface area (Å²) in [5, 5.41) is 5.65. The number of nitrogens with zero attached hydrogens (tertiary/aromatic N) is 3. The molecule has 0 aliphatic carbocycles. The minimum absolute atomic E-state index is 0.152. The molecular formula is C22H30N4O. The molecule has 0 atom stereocenters. The van der Waals surface area contributed by atoms with E-state index < -0.39 is 0 Å². The number of nitrogens with one attached hydrogen (secondary N) is 1. The zero-order valence-corrected chi connectivity index (χ0v) is 16.3. The molecule has 3 heterocycles. The molecule has 1 aromatic heterocycles. The van der Waals surface area contributed by atoms with E-state index in [2.05, 4.69) is 38.3 Å². The Hall–Kier alpha value is -2.14. The van der Waals surface area contributed by atoms with Crippen LogP contribution >= 0.6 is 0 Å². The topological polar surface area (TPSA) is 48.5 Å². The fourth-order valence-corrected chi connectivity index (χ4v) is 4.49. The zero-order chi connectivity index (χ0) is 18.6. The van der Waals surface area contributed by atoms with Crippen LogP contribution in [-0.2, 0) is 11.2 Å². The number of rotatable bonds is 6. The van der Waals surface area contributed by atoms with Crippen molar-refractivity contribution >= 4 is 22.4 Å². The molecule has 1 fully saturated rings. The molecule has 2 aliphatic heterocycles. The van der Waals surface area contributed by atoms with Gasteiger partial charge >= 0.3 is 0 Å². The summed E-state index contributed by atoms with van der Waals surface area (Å²) in [6.07, 6.45) is 8.19. The maximum atomic E-state index is 11.4. The second-order valence-corrected chi connectivity index (χ2v) is 7.86. The van der Waals surface area contributed by atoms with E-state index >= 15 is 0 Å². The molecule has 0 unspecified atom stereocenters. The molecule has 2 aromatic rings. The molecule has 5 nitrogen and oxygen atoms in total. The van der Waals surface area contributed by atoms with Gasteiger partial charge in [-0.15, -0.1) is 0 Å². The van der Waals surface area contributed by atoms with E-state index in [1.165, 1.54) is 34.9 Å². The van der Waals surface area contributed by atoms with Gasteiger partial charge in [-0.05, 0) is 49.9 Å². The second-order valence-electron chi connectivity index (χ2n) is 7.86. The van der Waals surface area contributed by atoms with Gasteiger partial charge in [0.15, 0.2) is 0 Å². The molecule has 0 bridgehead atoms. The molecule has 0 saturated carbocycles. The van der Waals surface area contributed by atoms with Crippen molar-refractivity contribution in [3.8, 4) is 0 Å². The third-order valence-electron chi connectivity index (χ3n) is 6.09. The lowest BCUT2D eigenvalue weighted by Crippen LogP contribution is -2.42. The van der Waals surface area contributed by atoms with Crippen LogP contribution in [0, 0.1) is 5.92 Å². The number of aromatic nitrogens is 1. The van der Waals surface area contributed by atoms with Crippen molar-refractivity contribution in [2.45, 2.75) is 32.6 Å². The minimum Gasteiger partial charge on any atom is -0.370 e. The predicted octanol–water partition coefficient (Wildman–Crippen LogP) is 2.84. The molecule has 1 saturated heterocycles. The normalized spacial score (nSPS) is 18.0. The Morgan fingerprint density at radius 1 is 1.22 bits per heavy atom. The van der Waals surface area contributed by atoms with Gasteiger partial charge in [0.2, 0.25) is 5.91 Å². The van der Waals surface area contributed by atoms with E-state index in [0.717, 1.165) is 51.6 Å². The highest BCUT2D eigenvalue weighted by Crippen LogP contribution is 2.34. The molecule has 1 amide bonds. The van der Waals surface area contributed by atoms with Crippen LogP contribution in [0.1, 0.15) is 31.7 Å². The number of hydrogen-bond donors (Lipinski definition) is 1. The van der Waals surface area contributed by atoms with Gasteiger partial charge in [0.05, 0.1) is 0 Å². The Morgan fingerprint density at radius 2 is 2.07 bits per heavy atom. The van der Waals surface area contributed by atoms with Crippen molar-refractivity contribution < 1.29 is 4.79 Å². The minimum atomic E-state index is 0.152. The van der Waals surface area contributed by atoms with Gasteiger partial charge in [-0.2, -0.15) is 0 Å². The van der Waals surface area contributed by atoms with Crippen LogP contribution in [0.4, 0.5) is 5.69 Å². The van der Waals surface area contributed by atoms with E-state index in [1.807, 2.05) is 19.3 Å².